The highest BCUT2D eigenvalue weighted by molar-refractivity contribution is 8.19. The maximum atomic E-state index is 12.5. The van der Waals surface area contributed by atoms with Gasteiger partial charge in [-0.05, 0) is 48.3 Å². The number of amidine groups is 1. The van der Waals surface area contributed by atoms with E-state index in [-0.39, 0.29) is 16.0 Å². The van der Waals surface area contributed by atoms with Crippen molar-refractivity contribution in [1.82, 2.24) is 4.90 Å². The Morgan fingerprint density at radius 2 is 1.92 bits per heavy atom. The molecule has 0 atom stereocenters. The van der Waals surface area contributed by atoms with Crippen LogP contribution in [-0.2, 0) is 14.8 Å². The summed E-state index contributed by atoms with van der Waals surface area (Å²) in [5.74, 6) is -0.224. The molecule has 8 heteroatoms. The molecule has 0 radical (unpaired) electrons. The summed E-state index contributed by atoms with van der Waals surface area (Å²) >= 11 is 2.60. The second kappa shape index (κ2) is 6.92. The van der Waals surface area contributed by atoms with Crippen molar-refractivity contribution >= 4 is 50.3 Å². The first-order valence-electron chi connectivity index (χ1n) is 7.16. The molecule has 1 saturated heterocycles. The second-order valence-electron chi connectivity index (χ2n) is 4.84. The summed E-state index contributed by atoms with van der Waals surface area (Å²) in [5.41, 5.74) is 0. The molecule has 124 valence electrons. The molecule has 1 aliphatic heterocycles. The number of amides is 1. The van der Waals surface area contributed by atoms with Crippen LogP contribution in [-0.4, -0.2) is 30.9 Å². The first kappa shape index (κ1) is 16.9. The fourth-order valence-electron chi connectivity index (χ4n) is 2.11. The summed E-state index contributed by atoms with van der Waals surface area (Å²) < 4.78 is 28.7. The van der Waals surface area contributed by atoms with Gasteiger partial charge < -0.3 is 0 Å². The second-order valence-corrected chi connectivity index (χ2v) is 8.43. The standard InChI is InChI=1S/C16H14N2O3S3/c1-2-18-15(19)14(11-12-7-6-10-22-12)23-16(18)17-24(20,21)13-8-4-3-5-9-13/h3-11H,2H2,1H3/b14-11+,17-16?. The Labute approximate surface area is 148 Å². The minimum Gasteiger partial charge on any atom is -0.286 e. The lowest BCUT2D eigenvalue weighted by atomic mass is 10.4. The Bertz CT molecular complexity index is 901. The minimum atomic E-state index is -3.85. The van der Waals surface area contributed by atoms with Crippen LogP contribution in [0.25, 0.3) is 6.08 Å². The predicted molar refractivity (Wildman–Crippen MR) is 98.3 cm³/mol. The number of nitrogens with zero attached hydrogens (tertiary/aromatic N) is 2. The summed E-state index contributed by atoms with van der Waals surface area (Å²) in [6.45, 7) is 2.15. The van der Waals surface area contributed by atoms with Gasteiger partial charge in [0.15, 0.2) is 5.17 Å². The van der Waals surface area contributed by atoms with Crippen molar-refractivity contribution in [1.29, 1.82) is 0 Å². The summed E-state index contributed by atoms with van der Waals surface area (Å²) in [6, 6.07) is 11.8. The molecule has 1 aliphatic rings. The molecule has 1 aromatic carbocycles. The van der Waals surface area contributed by atoms with Crippen LogP contribution in [0.2, 0.25) is 0 Å². The quantitative estimate of drug-likeness (QED) is 0.765. The molecular weight excluding hydrogens is 364 g/mol. The average Bonchev–Trinajstić information content (AvgIpc) is 3.17. The Morgan fingerprint density at radius 3 is 2.54 bits per heavy atom. The Hall–Kier alpha value is -1.90. The van der Waals surface area contributed by atoms with Gasteiger partial charge in [0, 0.05) is 11.4 Å². The summed E-state index contributed by atoms with van der Waals surface area (Å²) in [7, 11) is -3.85. The number of benzene rings is 1. The zero-order chi connectivity index (χ0) is 17.2. The van der Waals surface area contributed by atoms with Gasteiger partial charge in [0.1, 0.15) is 0 Å². The highest BCUT2D eigenvalue weighted by Gasteiger charge is 2.34. The van der Waals surface area contributed by atoms with Crippen LogP contribution in [0.4, 0.5) is 0 Å². The van der Waals surface area contributed by atoms with Gasteiger partial charge in [-0.15, -0.1) is 15.7 Å². The molecule has 0 bridgehead atoms. The van der Waals surface area contributed by atoms with Gasteiger partial charge in [0.05, 0.1) is 9.80 Å². The molecule has 24 heavy (non-hydrogen) atoms. The highest BCUT2D eigenvalue weighted by atomic mass is 32.2. The van der Waals surface area contributed by atoms with Gasteiger partial charge in [-0.3, -0.25) is 9.69 Å². The maximum Gasteiger partial charge on any atom is 0.284 e. The van der Waals surface area contributed by atoms with Gasteiger partial charge in [0.25, 0.3) is 15.9 Å². The lowest BCUT2D eigenvalue weighted by Gasteiger charge is -2.11. The molecule has 5 nitrogen and oxygen atoms in total. The number of hydrogen-bond acceptors (Lipinski definition) is 5. The Kier molecular flexibility index (Phi) is 4.88. The van der Waals surface area contributed by atoms with Crippen LogP contribution in [0.15, 0.2) is 62.0 Å². The van der Waals surface area contributed by atoms with Crippen LogP contribution in [0.3, 0.4) is 0 Å². The van der Waals surface area contributed by atoms with E-state index in [1.54, 1.807) is 31.2 Å². The van der Waals surface area contributed by atoms with Gasteiger partial charge in [-0.1, -0.05) is 24.3 Å². The number of hydrogen-bond donors (Lipinski definition) is 0. The topological polar surface area (TPSA) is 66.8 Å². The SMILES string of the molecule is CCN1C(=O)/C(=C\c2cccs2)SC1=NS(=O)(=O)c1ccccc1. The Balaban J connectivity index is 1.97. The smallest absolute Gasteiger partial charge is 0.284 e. The highest BCUT2D eigenvalue weighted by Crippen LogP contribution is 2.34. The molecule has 2 aromatic rings. The molecule has 2 heterocycles. The van der Waals surface area contributed by atoms with Crippen molar-refractivity contribution in [2.45, 2.75) is 11.8 Å². The summed E-state index contributed by atoms with van der Waals surface area (Å²) in [5, 5.41) is 2.11. The molecule has 0 saturated carbocycles. The van der Waals surface area contributed by atoms with E-state index < -0.39 is 10.0 Å². The minimum absolute atomic E-state index is 0.109. The third-order valence-electron chi connectivity index (χ3n) is 3.26. The average molecular weight is 379 g/mol. The van der Waals surface area contributed by atoms with Crippen molar-refractivity contribution < 1.29 is 13.2 Å². The number of likely N-dealkylation sites (N-methyl/N-ethyl adjacent to an activating group) is 1. The van der Waals surface area contributed by atoms with E-state index in [0.717, 1.165) is 16.6 Å². The number of thioether (sulfide) groups is 1. The van der Waals surface area contributed by atoms with E-state index in [9.17, 15) is 13.2 Å². The third kappa shape index (κ3) is 3.45. The molecule has 1 amide bonds. The van der Waals surface area contributed by atoms with Gasteiger partial charge in [-0.25, -0.2) is 0 Å². The number of carbonyl (C=O) groups is 1. The lowest BCUT2D eigenvalue weighted by molar-refractivity contribution is -0.122. The molecule has 3 rings (SSSR count). The Morgan fingerprint density at radius 1 is 1.17 bits per heavy atom. The molecule has 1 fully saturated rings. The van der Waals surface area contributed by atoms with Gasteiger partial charge in [-0.2, -0.15) is 8.42 Å². The van der Waals surface area contributed by atoms with Gasteiger partial charge in [0.2, 0.25) is 0 Å². The predicted octanol–water partition coefficient (Wildman–Crippen LogP) is 3.43. The van der Waals surface area contributed by atoms with Crippen LogP contribution >= 0.6 is 23.1 Å². The van der Waals surface area contributed by atoms with Crippen molar-refractivity contribution in [2.24, 2.45) is 4.40 Å². The molecule has 0 N–H and O–H groups in total. The largest absolute Gasteiger partial charge is 0.286 e. The van der Waals surface area contributed by atoms with Crippen LogP contribution in [0, 0.1) is 0 Å². The summed E-state index contributed by atoms with van der Waals surface area (Å²) in [4.78, 5) is 15.4. The molecule has 0 spiro atoms. The fourth-order valence-corrected chi connectivity index (χ4v) is 5.09. The number of sulfonamides is 1. The number of thiophene rings is 1. The molecular formula is C16H14N2O3S3. The molecule has 0 aliphatic carbocycles. The first-order chi connectivity index (χ1) is 11.5. The fraction of sp³-hybridized carbons (Fsp3) is 0.125. The zero-order valence-electron chi connectivity index (χ0n) is 12.7. The van der Waals surface area contributed by atoms with E-state index in [1.807, 2.05) is 17.5 Å². The van der Waals surface area contributed by atoms with Crippen LogP contribution in [0.1, 0.15) is 11.8 Å². The van der Waals surface area contributed by atoms with E-state index in [1.165, 1.54) is 28.4 Å². The van der Waals surface area contributed by atoms with E-state index in [0.29, 0.717) is 11.4 Å². The van der Waals surface area contributed by atoms with Crippen LogP contribution in [0.5, 0.6) is 0 Å². The first-order valence-corrected chi connectivity index (χ1v) is 10.3. The normalized spacial score (nSPS) is 18.7. The van der Waals surface area contributed by atoms with Crippen molar-refractivity contribution in [3.63, 3.8) is 0 Å². The van der Waals surface area contributed by atoms with E-state index in [4.69, 9.17) is 0 Å². The van der Waals surface area contributed by atoms with Crippen molar-refractivity contribution in [2.75, 3.05) is 6.54 Å². The molecule has 1 aromatic heterocycles. The number of rotatable bonds is 4. The number of carbonyl (C=O) groups excluding carboxylic acids is 1. The monoisotopic (exact) mass is 378 g/mol. The molecule has 0 unspecified atom stereocenters. The van der Waals surface area contributed by atoms with Gasteiger partial charge >= 0.3 is 0 Å². The third-order valence-corrected chi connectivity index (χ3v) is 6.48. The zero-order valence-corrected chi connectivity index (χ0v) is 15.2. The van der Waals surface area contributed by atoms with Crippen molar-refractivity contribution in [3.05, 3.63) is 57.6 Å². The lowest BCUT2D eigenvalue weighted by Crippen LogP contribution is -2.29. The maximum absolute atomic E-state index is 12.5. The summed E-state index contributed by atoms with van der Waals surface area (Å²) in [6.07, 6.45) is 1.76. The van der Waals surface area contributed by atoms with Crippen molar-refractivity contribution in [3.8, 4) is 0 Å². The van der Waals surface area contributed by atoms with E-state index in [2.05, 4.69) is 4.40 Å². The van der Waals surface area contributed by atoms with E-state index >= 15 is 0 Å². The van der Waals surface area contributed by atoms with Crippen LogP contribution < -0.4 is 0 Å².